The van der Waals surface area contributed by atoms with Crippen molar-refractivity contribution in [1.82, 2.24) is 5.43 Å². The summed E-state index contributed by atoms with van der Waals surface area (Å²) in [6.07, 6.45) is 3.65. The Labute approximate surface area is 125 Å². The van der Waals surface area contributed by atoms with E-state index in [2.05, 4.69) is 10.5 Å². The summed E-state index contributed by atoms with van der Waals surface area (Å²) in [7, 11) is 0. The van der Waals surface area contributed by atoms with Crippen LogP contribution in [0.3, 0.4) is 0 Å². The molecule has 0 bridgehead atoms. The molecule has 1 N–H and O–H groups in total. The molecule has 0 aromatic heterocycles. The maximum Gasteiger partial charge on any atom is 0.271 e. The molecular formula is C18H18N2O. The Morgan fingerprint density at radius 3 is 2.43 bits per heavy atom. The van der Waals surface area contributed by atoms with E-state index in [9.17, 15) is 4.79 Å². The Bertz CT molecular complexity index is 673. The molecule has 3 nitrogen and oxygen atoms in total. The number of benzene rings is 2. The van der Waals surface area contributed by atoms with Gasteiger partial charge in [-0.3, -0.25) is 4.79 Å². The summed E-state index contributed by atoms with van der Waals surface area (Å²) < 4.78 is 0. The molecule has 0 saturated heterocycles. The van der Waals surface area contributed by atoms with Crippen molar-refractivity contribution in [2.75, 3.05) is 0 Å². The minimum Gasteiger partial charge on any atom is -0.267 e. The van der Waals surface area contributed by atoms with Crippen LogP contribution in [0.4, 0.5) is 0 Å². The van der Waals surface area contributed by atoms with E-state index in [-0.39, 0.29) is 5.91 Å². The Hall–Kier alpha value is -2.68. The van der Waals surface area contributed by atoms with Crippen molar-refractivity contribution < 1.29 is 4.79 Å². The number of hydrogen-bond donors (Lipinski definition) is 1. The zero-order valence-corrected chi connectivity index (χ0v) is 12.2. The SMILES string of the molecule is CC(/C=N\NC(=O)c1ccccc1C)=C\c1ccccc1. The van der Waals surface area contributed by atoms with Crippen LogP contribution in [-0.2, 0) is 0 Å². The fraction of sp³-hybridized carbons (Fsp3) is 0.111. The first kappa shape index (κ1) is 14.7. The van der Waals surface area contributed by atoms with Crippen LogP contribution in [0.1, 0.15) is 28.4 Å². The average molecular weight is 278 g/mol. The fourth-order valence-corrected chi connectivity index (χ4v) is 1.93. The van der Waals surface area contributed by atoms with Crippen molar-refractivity contribution in [3.8, 4) is 0 Å². The number of allylic oxidation sites excluding steroid dienone is 1. The maximum absolute atomic E-state index is 12.0. The summed E-state index contributed by atoms with van der Waals surface area (Å²) in [5.74, 6) is -0.197. The number of carbonyl (C=O) groups is 1. The molecule has 0 aliphatic rings. The number of aryl methyl sites for hydroxylation is 1. The molecule has 0 fully saturated rings. The predicted molar refractivity (Wildman–Crippen MR) is 87.2 cm³/mol. The molecule has 0 aliphatic heterocycles. The van der Waals surface area contributed by atoms with Crippen molar-refractivity contribution >= 4 is 18.2 Å². The first-order valence-corrected chi connectivity index (χ1v) is 6.79. The Kier molecular flexibility index (Phi) is 5.04. The summed E-state index contributed by atoms with van der Waals surface area (Å²) in [6.45, 7) is 3.84. The van der Waals surface area contributed by atoms with Gasteiger partial charge < -0.3 is 0 Å². The maximum atomic E-state index is 12.0. The Balaban J connectivity index is 1.98. The lowest BCUT2D eigenvalue weighted by molar-refractivity contribution is 0.0954. The highest BCUT2D eigenvalue weighted by atomic mass is 16.2. The second-order valence-corrected chi connectivity index (χ2v) is 4.81. The van der Waals surface area contributed by atoms with Crippen LogP contribution in [0.5, 0.6) is 0 Å². The second-order valence-electron chi connectivity index (χ2n) is 4.81. The van der Waals surface area contributed by atoms with Crippen molar-refractivity contribution in [2.45, 2.75) is 13.8 Å². The van der Waals surface area contributed by atoms with Crippen molar-refractivity contribution in [1.29, 1.82) is 0 Å². The first-order chi connectivity index (χ1) is 10.2. The van der Waals surface area contributed by atoms with Crippen LogP contribution in [0.25, 0.3) is 6.08 Å². The molecule has 0 atom stereocenters. The number of hydrazone groups is 1. The zero-order chi connectivity index (χ0) is 15.1. The van der Waals surface area contributed by atoms with Crippen molar-refractivity contribution in [3.05, 3.63) is 76.9 Å². The third kappa shape index (κ3) is 4.42. The molecule has 0 aliphatic carbocycles. The molecule has 106 valence electrons. The highest BCUT2D eigenvalue weighted by Crippen LogP contribution is 2.07. The molecule has 3 heteroatoms. The van der Waals surface area contributed by atoms with Crippen molar-refractivity contribution in [3.63, 3.8) is 0 Å². The van der Waals surface area contributed by atoms with E-state index in [0.717, 1.165) is 16.7 Å². The van der Waals surface area contributed by atoms with E-state index in [4.69, 9.17) is 0 Å². The highest BCUT2D eigenvalue weighted by Gasteiger charge is 2.05. The Morgan fingerprint density at radius 2 is 1.71 bits per heavy atom. The second kappa shape index (κ2) is 7.20. The van der Waals surface area contributed by atoms with Gasteiger partial charge in [0.1, 0.15) is 0 Å². The van der Waals surface area contributed by atoms with Crippen LogP contribution in [0, 0.1) is 6.92 Å². The van der Waals surface area contributed by atoms with Gasteiger partial charge in [-0.15, -0.1) is 0 Å². The molecule has 2 aromatic carbocycles. The summed E-state index contributed by atoms with van der Waals surface area (Å²) >= 11 is 0. The lowest BCUT2D eigenvalue weighted by Gasteiger charge is -2.03. The summed E-state index contributed by atoms with van der Waals surface area (Å²) in [6, 6.07) is 17.4. The molecule has 2 aromatic rings. The van der Waals surface area contributed by atoms with Gasteiger partial charge in [-0.25, -0.2) is 5.43 Å². The van der Waals surface area contributed by atoms with Gasteiger partial charge in [0, 0.05) is 5.56 Å². The molecular weight excluding hydrogens is 260 g/mol. The lowest BCUT2D eigenvalue weighted by atomic mass is 10.1. The van der Waals surface area contributed by atoms with E-state index in [1.807, 2.05) is 68.5 Å². The van der Waals surface area contributed by atoms with Gasteiger partial charge in [-0.05, 0) is 36.6 Å². The lowest BCUT2D eigenvalue weighted by Crippen LogP contribution is -2.18. The minimum absolute atomic E-state index is 0.197. The van der Waals surface area contributed by atoms with E-state index >= 15 is 0 Å². The summed E-state index contributed by atoms with van der Waals surface area (Å²) in [4.78, 5) is 12.0. The Morgan fingerprint density at radius 1 is 1.05 bits per heavy atom. The average Bonchev–Trinajstić information content (AvgIpc) is 2.48. The normalized spacial score (nSPS) is 11.6. The topological polar surface area (TPSA) is 41.5 Å². The first-order valence-electron chi connectivity index (χ1n) is 6.79. The van der Waals surface area contributed by atoms with E-state index < -0.39 is 0 Å². The van der Waals surface area contributed by atoms with Gasteiger partial charge in [-0.1, -0.05) is 54.6 Å². The van der Waals surface area contributed by atoms with Crippen LogP contribution in [0.15, 0.2) is 65.3 Å². The number of rotatable bonds is 4. The molecule has 0 heterocycles. The largest absolute Gasteiger partial charge is 0.271 e. The van der Waals surface area contributed by atoms with E-state index in [0.29, 0.717) is 5.56 Å². The minimum atomic E-state index is -0.197. The smallest absolute Gasteiger partial charge is 0.267 e. The van der Waals surface area contributed by atoms with E-state index in [1.54, 1.807) is 12.3 Å². The van der Waals surface area contributed by atoms with Crippen molar-refractivity contribution in [2.24, 2.45) is 5.10 Å². The number of nitrogens with zero attached hydrogens (tertiary/aromatic N) is 1. The van der Waals surface area contributed by atoms with Crippen LogP contribution in [0.2, 0.25) is 0 Å². The van der Waals surface area contributed by atoms with Gasteiger partial charge >= 0.3 is 0 Å². The van der Waals surface area contributed by atoms with Gasteiger partial charge in [0.25, 0.3) is 5.91 Å². The molecule has 1 amide bonds. The number of carbonyl (C=O) groups excluding carboxylic acids is 1. The van der Waals surface area contributed by atoms with Crippen LogP contribution < -0.4 is 5.43 Å². The molecule has 21 heavy (non-hydrogen) atoms. The standard InChI is InChI=1S/C18H18N2O/c1-14(12-16-9-4-3-5-10-16)13-19-20-18(21)17-11-7-6-8-15(17)2/h3-13H,1-2H3,(H,20,21)/b14-12+,19-13-. The monoisotopic (exact) mass is 278 g/mol. The summed E-state index contributed by atoms with van der Waals surface area (Å²) in [5, 5.41) is 3.99. The highest BCUT2D eigenvalue weighted by molar-refractivity contribution is 5.96. The predicted octanol–water partition coefficient (Wildman–Crippen LogP) is 3.81. The fourth-order valence-electron chi connectivity index (χ4n) is 1.93. The number of nitrogens with one attached hydrogen (secondary N) is 1. The summed E-state index contributed by atoms with van der Waals surface area (Å²) in [5.41, 5.74) is 6.18. The molecule has 0 radical (unpaired) electrons. The van der Waals surface area contributed by atoms with Gasteiger partial charge in [0.2, 0.25) is 0 Å². The van der Waals surface area contributed by atoms with Crippen LogP contribution >= 0.6 is 0 Å². The number of hydrogen-bond acceptors (Lipinski definition) is 2. The molecule has 2 rings (SSSR count). The molecule has 0 spiro atoms. The van der Waals surface area contributed by atoms with Gasteiger partial charge in [0.05, 0.1) is 6.21 Å². The zero-order valence-electron chi connectivity index (χ0n) is 12.2. The van der Waals surface area contributed by atoms with Gasteiger partial charge in [0.15, 0.2) is 0 Å². The van der Waals surface area contributed by atoms with Crippen LogP contribution in [-0.4, -0.2) is 12.1 Å². The quantitative estimate of drug-likeness (QED) is 0.670. The van der Waals surface area contributed by atoms with Gasteiger partial charge in [-0.2, -0.15) is 5.10 Å². The molecule has 0 unspecified atom stereocenters. The molecule has 0 saturated carbocycles. The third-order valence-electron chi connectivity index (χ3n) is 3.02. The third-order valence-corrected chi connectivity index (χ3v) is 3.02. The number of amides is 1. The van der Waals surface area contributed by atoms with E-state index in [1.165, 1.54) is 0 Å².